The van der Waals surface area contributed by atoms with Crippen LogP contribution in [0.3, 0.4) is 0 Å². The van der Waals surface area contributed by atoms with Crippen molar-refractivity contribution < 1.29 is 4.79 Å². The SMILES string of the molecule is CCC(C)C(=O)NCC1CC1C1CCC(C)=CC1C. The first kappa shape index (κ1) is 14.6. The lowest BCUT2D eigenvalue weighted by molar-refractivity contribution is -0.124. The number of nitrogens with one attached hydrogen (secondary N) is 1. The van der Waals surface area contributed by atoms with Gasteiger partial charge < -0.3 is 5.32 Å². The molecule has 1 fully saturated rings. The summed E-state index contributed by atoms with van der Waals surface area (Å²) >= 11 is 0. The number of hydrogen-bond acceptors (Lipinski definition) is 1. The zero-order valence-electron chi connectivity index (χ0n) is 12.9. The van der Waals surface area contributed by atoms with Crippen LogP contribution in [0.15, 0.2) is 11.6 Å². The molecule has 2 aliphatic carbocycles. The first-order valence-corrected chi connectivity index (χ1v) is 7.97. The lowest BCUT2D eigenvalue weighted by Gasteiger charge is -2.27. The molecule has 2 rings (SSSR count). The Morgan fingerprint density at radius 3 is 2.84 bits per heavy atom. The number of rotatable bonds is 5. The highest BCUT2D eigenvalue weighted by molar-refractivity contribution is 5.78. The molecule has 0 heterocycles. The monoisotopic (exact) mass is 263 g/mol. The highest BCUT2D eigenvalue weighted by Gasteiger charge is 2.44. The molecule has 0 bridgehead atoms. The second-order valence-electron chi connectivity index (χ2n) is 6.79. The lowest BCUT2D eigenvalue weighted by atomic mass is 9.78. The Bertz CT molecular complexity index is 360. The van der Waals surface area contributed by atoms with Crippen LogP contribution >= 0.6 is 0 Å². The fourth-order valence-corrected chi connectivity index (χ4v) is 3.54. The molecule has 2 nitrogen and oxygen atoms in total. The summed E-state index contributed by atoms with van der Waals surface area (Å²) in [6, 6.07) is 0. The highest BCUT2D eigenvalue weighted by Crippen LogP contribution is 2.50. The molecule has 0 aromatic rings. The van der Waals surface area contributed by atoms with E-state index in [1.54, 1.807) is 5.57 Å². The van der Waals surface area contributed by atoms with Gasteiger partial charge in [-0.15, -0.1) is 0 Å². The van der Waals surface area contributed by atoms with Crippen molar-refractivity contribution in [3.8, 4) is 0 Å². The van der Waals surface area contributed by atoms with Crippen molar-refractivity contribution in [2.45, 2.75) is 53.4 Å². The molecule has 2 aliphatic rings. The molecule has 108 valence electrons. The van der Waals surface area contributed by atoms with E-state index >= 15 is 0 Å². The Morgan fingerprint density at radius 1 is 1.47 bits per heavy atom. The third kappa shape index (κ3) is 3.61. The van der Waals surface area contributed by atoms with Gasteiger partial charge in [0.1, 0.15) is 0 Å². The van der Waals surface area contributed by atoms with Gasteiger partial charge >= 0.3 is 0 Å². The molecular formula is C17H29NO. The normalized spacial score (nSPS) is 35.5. The Balaban J connectivity index is 1.74. The molecule has 19 heavy (non-hydrogen) atoms. The van der Waals surface area contributed by atoms with Crippen LogP contribution in [-0.2, 0) is 4.79 Å². The van der Waals surface area contributed by atoms with Crippen LogP contribution < -0.4 is 5.32 Å². The topological polar surface area (TPSA) is 29.1 Å². The summed E-state index contributed by atoms with van der Waals surface area (Å²) < 4.78 is 0. The van der Waals surface area contributed by atoms with Gasteiger partial charge in [-0.2, -0.15) is 0 Å². The lowest BCUT2D eigenvalue weighted by Crippen LogP contribution is -2.31. The van der Waals surface area contributed by atoms with Crippen molar-refractivity contribution in [3.05, 3.63) is 11.6 Å². The molecule has 1 amide bonds. The smallest absolute Gasteiger partial charge is 0.222 e. The van der Waals surface area contributed by atoms with Crippen molar-refractivity contribution in [1.29, 1.82) is 0 Å². The molecule has 0 saturated heterocycles. The highest BCUT2D eigenvalue weighted by atomic mass is 16.1. The van der Waals surface area contributed by atoms with Gasteiger partial charge in [0.2, 0.25) is 5.91 Å². The first-order chi connectivity index (χ1) is 9.02. The van der Waals surface area contributed by atoms with E-state index < -0.39 is 0 Å². The standard InChI is InChI=1S/C17H29NO/c1-5-12(3)17(19)18-10-14-9-16(14)15-7-6-11(2)8-13(15)4/h8,12-16H,5-7,9-10H2,1-4H3,(H,18,19). The van der Waals surface area contributed by atoms with E-state index in [1.165, 1.54) is 19.3 Å². The molecule has 1 N–H and O–H groups in total. The van der Waals surface area contributed by atoms with E-state index in [0.29, 0.717) is 0 Å². The third-order valence-electron chi connectivity index (χ3n) is 5.22. The maximum Gasteiger partial charge on any atom is 0.222 e. The van der Waals surface area contributed by atoms with Gasteiger partial charge in [0, 0.05) is 12.5 Å². The van der Waals surface area contributed by atoms with Crippen LogP contribution in [0.5, 0.6) is 0 Å². The molecule has 0 radical (unpaired) electrons. The van der Waals surface area contributed by atoms with Crippen molar-refractivity contribution >= 4 is 5.91 Å². The van der Waals surface area contributed by atoms with Crippen molar-refractivity contribution in [3.63, 3.8) is 0 Å². The molecule has 5 unspecified atom stereocenters. The van der Waals surface area contributed by atoms with E-state index in [1.807, 2.05) is 6.92 Å². The summed E-state index contributed by atoms with van der Waals surface area (Å²) in [4.78, 5) is 11.8. The molecule has 2 heteroatoms. The Kier molecular flexibility index (Phi) is 4.70. The maximum absolute atomic E-state index is 11.8. The van der Waals surface area contributed by atoms with Crippen LogP contribution in [0.4, 0.5) is 0 Å². The summed E-state index contributed by atoms with van der Waals surface area (Å²) in [6.45, 7) is 9.60. The summed E-state index contributed by atoms with van der Waals surface area (Å²) in [5.74, 6) is 3.59. The van der Waals surface area contributed by atoms with Gasteiger partial charge in [0.15, 0.2) is 0 Å². The first-order valence-electron chi connectivity index (χ1n) is 7.97. The van der Waals surface area contributed by atoms with E-state index in [-0.39, 0.29) is 11.8 Å². The summed E-state index contributed by atoms with van der Waals surface area (Å²) in [5, 5.41) is 3.13. The summed E-state index contributed by atoms with van der Waals surface area (Å²) in [6.07, 6.45) is 7.34. The zero-order valence-corrected chi connectivity index (χ0v) is 12.9. The number of hydrogen-bond donors (Lipinski definition) is 1. The average Bonchev–Trinajstić information content (AvgIpc) is 3.14. The predicted molar refractivity (Wildman–Crippen MR) is 79.7 cm³/mol. The van der Waals surface area contributed by atoms with Crippen molar-refractivity contribution in [2.24, 2.45) is 29.6 Å². The summed E-state index contributed by atoms with van der Waals surface area (Å²) in [5.41, 5.74) is 1.56. The van der Waals surface area contributed by atoms with Crippen molar-refractivity contribution in [1.82, 2.24) is 5.32 Å². The number of carbonyl (C=O) groups is 1. The number of amides is 1. The minimum atomic E-state index is 0.163. The number of allylic oxidation sites excluding steroid dienone is 2. The van der Waals surface area contributed by atoms with Crippen LogP contribution in [0.25, 0.3) is 0 Å². The van der Waals surface area contributed by atoms with Gasteiger partial charge in [-0.05, 0) is 56.3 Å². The largest absolute Gasteiger partial charge is 0.356 e. The molecular weight excluding hydrogens is 234 g/mol. The zero-order chi connectivity index (χ0) is 14.0. The van der Waals surface area contributed by atoms with Gasteiger partial charge in [-0.1, -0.05) is 32.4 Å². The van der Waals surface area contributed by atoms with Crippen molar-refractivity contribution in [2.75, 3.05) is 6.54 Å². The van der Waals surface area contributed by atoms with Gasteiger partial charge in [-0.3, -0.25) is 4.79 Å². The van der Waals surface area contributed by atoms with E-state index in [0.717, 1.165) is 36.6 Å². The molecule has 0 spiro atoms. The van der Waals surface area contributed by atoms with Crippen LogP contribution in [0.2, 0.25) is 0 Å². The second kappa shape index (κ2) is 6.11. The molecule has 0 aliphatic heterocycles. The minimum Gasteiger partial charge on any atom is -0.356 e. The molecule has 0 aromatic carbocycles. The Hall–Kier alpha value is -0.790. The van der Waals surface area contributed by atoms with E-state index in [2.05, 4.69) is 32.2 Å². The van der Waals surface area contributed by atoms with Gasteiger partial charge in [0.25, 0.3) is 0 Å². The van der Waals surface area contributed by atoms with E-state index in [4.69, 9.17) is 0 Å². The minimum absolute atomic E-state index is 0.163. The van der Waals surface area contributed by atoms with Gasteiger partial charge in [0.05, 0.1) is 0 Å². The summed E-state index contributed by atoms with van der Waals surface area (Å²) in [7, 11) is 0. The predicted octanol–water partition coefficient (Wildman–Crippen LogP) is 3.78. The van der Waals surface area contributed by atoms with E-state index in [9.17, 15) is 4.79 Å². The molecule has 0 aromatic heterocycles. The Labute approximate surface area is 118 Å². The Morgan fingerprint density at radius 2 is 2.21 bits per heavy atom. The fourth-order valence-electron chi connectivity index (χ4n) is 3.54. The number of carbonyl (C=O) groups excluding carboxylic acids is 1. The van der Waals surface area contributed by atoms with Crippen LogP contribution in [0.1, 0.15) is 53.4 Å². The second-order valence-corrected chi connectivity index (χ2v) is 6.79. The average molecular weight is 263 g/mol. The third-order valence-corrected chi connectivity index (χ3v) is 5.22. The fraction of sp³-hybridized carbons (Fsp3) is 0.824. The quantitative estimate of drug-likeness (QED) is 0.751. The van der Waals surface area contributed by atoms with Crippen LogP contribution in [0, 0.1) is 29.6 Å². The maximum atomic E-state index is 11.8. The van der Waals surface area contributed by atoms with Gasteiger partial charge in [-0.25, -0.2) is 0 Å². The molecule has 5 atom stereocenters. The van der Waals surface area contributed by atoms with Crippen LogP contribution in [-0.4, -0.2) is 12.5 Å². The molecule has 1 saturated carbocycles.